The fraction of sp³-hybridized carbons (Fsp3) is 0.600. The molecule has 0 radical (unpaired) electrons. The lowest BCUT2D eigenvalue weighted by Crippen LogP contribution is -2.38. The molecule has 0 bridgehead atoms. The van der Waals surface area contributed by atoms with Crippen molar-refractivity contribution < 1.29 is 0 Å². The molecule has 0 saturated heterocycles. The van der Waals surface area contributed by atoms with Crippen molar-refractivity contribution in [1.82, 2.24) is 0 Å². The van der Waals surface area contributed by atoms with Crippen molar-refractivity contribution in [2.75, 3.05) is 0 Å². The summed E-state index contributed by atoms with van der Waals surface area (Å²) in [5, 5.41) is 0. The molecule has 0 fully saturated rings. The van der Waals surface area contributed by atoms with Crippen LogP contribution in [0.3, 0.4) is 0 Å². The van der Waals surface area contributed by atoms with Crippen molar-refractivity contribution in [3.63, 3.8) is 0 Å². The molecule has 1 unspecified atom stereocenters. The van der Waals surface area contributed by atoms with E-state index in [0.717, 1.165) is 5.54 Å². The minimum atomic E-state index is -1.09. The van der Waals surface area contributed by atoms with Crippen LogP contribution >= 0.6 is 0 Å². The summed E-state index contributed by atoms with van der Waals surface area (Å²) in [7, 11) is -1.09. The van der Waals surface area contributed by atoms with E-state index >= 15 is 0 Å². The predicted octanol–water partition coefficient (Wildman–Crippen LogP) is 5.15. The molecule has 0 N–H and O–H groups in total. The highest BCUT2D eigenvalue weighted by Gasteiger charge is 2.34. The summed E-state index contributed by atoms with van der Waals surface area (Å²) in [6.07, 6.45) is 0. The Morgan fingerprint density at radius 1 is 1.00 bits per heavy atom. The van der Waals surface area contributed by atoms with Gasteiger partial charge in [0.05, 0.1) is 8.07 Å². The molecule has 1 heteroatoms. The molecule has 0 aliphatic rings. The number of aryl methyl sites for hydroxylation is 1. The average Bonchev–Trinajstić information content (AvgIpc) is 2.32. The zero-order valence-corrected chi connectivity index (χ0v) is 12.5. The van der Waals surface area contributed by atoms with E-state index in [4.69, 9.17) is 0 Å². The highest BCUT2D eigenvalue weighted by Crippen LogP contribution is 2.36. The van der Waals surface area contributed by atoms with Crippen LogP contribution in [0.25, 0.3) is 0 Å². The minimum Gasteiger partial charge on any atom is -0.0677 e. The Labute approximate surface area is 102 Å². The van der Waals surface area contributed by atoms with E-state index in [1.165, 1.54) is 23.7 Å². The molecule has 90 valence electrons. The normalized spacial score (nSPS) is 13.8. The molecular weight excluding hydrogens is 208 g/mol. The van der Waals surface area contributed by atoms with E-state index in [2.05, 4.69) is 58.9 Å². The van der Waals surface area contributed by atoms with Crippen LogP contribution in [0.5, 0.6) is 0 Å². The summed E-state index contributed by atoms with van der Waals surface area (Å²) in [6, 6.07) is 13.2. The van der Waals surface area contributed by atoms with E-state index in [9.17, 15) is 0 Å². The molecule has 0 heterocycles. The van der Waals surface area contributed by atoms with Crippen LogP contribution in [0.15, 0.2) is 24.3 Å². The maximum Gasteiger partial charge on any atom is 0.0601 e. The van der Waals surface area contributed by atoms with E-state index in [1.54, 1.807) is 5.56 Å². The van der Waals surface area contributed by atoms with Crippen LogP contribution < -0.4 is 0 Å². The fourth-order valence-electron chi connectivity index (χ4n) is 3.07. The monoisotopic (exact) mass is 234 g/mol. The molecule has 0 nitrogen and oxygen atoms in total. The first-order chi connectivity index (χ1) is 7.61. The molecule has 1 aromatic rings. The predicted molar refractivity (Wildman–Crippen MR) is 76.8 cm³/mol. The van der Waals surface area contributed by atoms with Gasteiger partial charge in [-0.1, -0.05) is 70.1 Å². The van der Waals surface area contributed by atoms with Gasteiger partial charge in [-0.25, -0.2) is 0 Å². The summed E-state index contributed by atoms with van der Waals surface area (Å²) in [5.41, 5.74) is 3.87. The Kier molecular flexibility index (Phi) is 4.79. The van der Waals surface area contributed by atoms with Crippen molar-refractivity contribution in [3.8, 4) is 0 Å². The fourth-order valence-corrected chi connectivity index (χ4v) is 7.39. The number of benzene rings is 1. The summed E-state index contributed by atoms with van der Waals surface area (Å²) < 4.78 is 0. The van der Waals surface area contributed by atoms with Gasteiger partial charge >= 0.3 is 0 Å². The second-order valence-electron chi connectivity index (χ2n) is 5.00. The molecule has 0 amide bonds. The van der Waals surface area contributed by atoms with E-state index in [-0.39, 0.29) is 0 Å². The first-order valence-corrected chi connectivity index (χ1v) is 9.36. The van der Waals surface area contributed by atoms with Crippen LogP contribution in [0, 0.1) is 6.92 Å². The van der Waals surface area contributed by atoms with Gasteiger partial charge in [-0.2, -0.15) is 0 Å². The molecule has 0 aliphatic carbocycles. The lowest BCUT2D eigenvalue weighted by Gasteiger charge is -2.36. The standard InChI is InChI=1S/C15H26Si/c1-6-16(7-2,8-3)14(5)15-12-10-9-11-13(15)4/h9-12,14H,6-8H2,1-5H3. The molecule has 0 saturated carbocycles. The quantitative estimate of drug-likeness (QED) is 0.618. The Morgan fingerprint density at radius 2 is 1.50 bits per heavy atom. The highest BCUT2D eigenvalue weighted by molar-refractivity contribution is 6.80. The van der Waals surface area contributed by atoms with Crippen LogP contribution in [0.2, 0.25) is 18.1 Å². The Hall–Kier alpha value is -0.563. The lowest BCUT2D eigenvalue weighted by molar-refractivity contribution is 0.934. The summed E-state index contributed by atoms with van der Waals surface area (Å²) in [4.78, 5) is 0. The van der Waals surface area contributed by atoms with Crippen LogP contribution in [0.4, 0.5) is 0 Å². The molecule has 16 heavy (non-hydrogen) atoms. The van der Waals surface area contributed by atoms with Gasteiger partial charge in [0.25, 0.3) is 0 Å². The van der Waals surface area contributed by atoms with E-state index in [1.807, 2.05) is 0 Å². The van der Waals surface area contributed by atoms with Crippen molar-refractivity contribution in [3.05, 3.63) is 35.4 Å². The SMILES string of the molecule is CC[Si](CC)(CC)C(C)c1ccccc1C. The van der Waals surface area contributed by atoms with Gasteiger partial charge in [-0.15, -0.1) is 0 Å². The lowest BCUT2D eigenvalue weighted by atomic mass is 10.1. The van der Waals surface area contributed by atoms with Crippen molar-refractivity contribution in [2.24, 2.45) is 0 Å². The van der Waals surface area contributed by atoms with Gasteiger partial charge in [-0.3, -0.25) is 0 Å². The second kappa shape index (κ2) is 5.67. The Bertz CT molecular complexity index is 318. The molecule has 1 rings (SSSR count). The molecular formula is C15H26Si. The van der Waals surface area contributed by atoms with Gasteiger partial charge in [0.1, 0.15) is 0 Å². The number of hydrogen-bond acceptors (Lipinski definition) is 0. The third-order valence-corrected chi connectivity index (χ3v) is 11.1. The molecule has 1 atom stereocenters. The molecule has 0 spiro atoms. The van der Waals surface area contributed by atoms with Crippen molar-refractivity contribution in [2.45, 2.75) is 58.3 Å². The molecule has 1 aromatic carbocycles. The first-order valence-electron chi connectivity index (χ1n) is 6.66. The number of hydrogen-bond donors (Lipinski definition) is 0. The Balaban J connectivity index is 3.08. The van der Waals surface area contributed by atoms with Gasteiger partial charge in [-0.05, 0) is 23.6 Å². The maximum absolute atomic E-state index is 2.46. The van der Waals surface area contributed by atoms with Gasteiger partial charge in [0, 0.05) is 0 Å². The molecule has 0 aliphatic heterocycles. The third kappa shape index (κ3) is 2.40. The van der Waals surface area contributed by atoms with Gasteiger partial charge in [0.2, 0.25) is 0 Å². The number of rotatable bonds is 5. The average molecular weight is 234 g/mol. The van der Waals surface area contributed by atoms with E-state index in [0.29, 0.717) is 0 Å². The third-order valence-electron chi connectivity index (χ3n) is 4.69. The van der Waals surface area contributed by atoms with E-state index < -0.39 is 8.07 Å². The topological polar surface area (TPSA) is 0 Å². The van der Waals surface area contributed by atoms with Crippen molar-refractivity contribution in [1.29, 1.82) is 0 Å². The summed E-state index contributed by atoms with van der Waals surface area (Å²) in [5.74, 6) is 0. The van der Waals surface area contributed by atoms with Gasteiger partial charge < -0.3 is 0 Å². The first kappa shape index (κ1) is 13.5. The maximum atomic E-state index is 2.46. The summed E-state index contributed by atoms with van der Waals surface area (Å²) >= 11 is 0. The van der Waals surface area contributed by atoms with Crippen LogP contribution in [-0.4, -0.2) is 8.07 Å². The summed E-state index contributed by atoms with van der Waals surface area (Å²) in [6.45, 7) is 11.9. The van der Waals surface area contributed by atoms with Crippen molar-refractivity contribution >= 4 is 8.07 Å². The zero-order chi connectivity index (χ0) is 12.2. The van der Waals surface area contributed by atoms with Crippen LogP contribution in [0.1, 0.15) is 44.4 Å². The highest BCUT2D eigenvalue weighted by atomic mass is 28.3. The largest absolute Gasteiger partial charge is 0.0677 e. The Morgan fingerprint density at radius 3 is 1.94 bits per heavy atom. The smallest absolute Gasteiger partial charge is 0.0601 e. The zero-order valence-electron chi connectivity index (χ0n) is 11.5. The minimum absolute atomic E-state index is 0.800. The van der Waals surface area contributed by atoms with Gasteiger partial charge in [0.15, 0.2) is 0 Å². The molecule has 0 aromatic heterocycles. The second-order valence-corrected chi connectivity index (χ2v) is 10.7. The van der Waals surface area contributed by atoms with Crippen LogP contribution in [-0.2, 0) is 0 Å².